The van der Waals surface area contributed by atoms with E-state index in [1.807, 2.05) is 13.8 Å². The maximum Gasteiger partial charge on any atom is 0.328 e. The van der Waals surface area contributed by atoms with Crippen molar-refractivity contribution in [3.05, 3.63) is 16.7 Å². The quantitative estimate of drug-likeness (QED) is 0.604. The molecule has 0 saturated carbocycles. The fourth-order valence-corrected chi connectivity index (χ4v) is 4.40. The van der Waals surface area contributed by atoms with E-state index in [2.05, 4.69) is 15.0 Å². The van der Waals surface area contributed by atoms with Gasteiger partial charge in [-0.25, -0.2) is 9.37 Å². The molecule has 1 fully saturated rings. The highest BCUT2D eigenvalue weighted by Crippen LogP contribution is 2.48. The van der Waals surface area contributed by atoms with Gasteiger partial charge in [0, 0.05) is 12.1 Å². The Hall–Kier alpha value is -1.81. The highest BCUT2D eigenvalue weighted by atomic mass is 31.2. The molecular formula is C16H25FN5O5P. The molecule has 4 N–H and O–H groups in total. The monoisotopic (exact) mass is 417 g/mol. The van der Waals surface area contributed by atoms with E-state index in [4.69, 9.17) is 15.0 Å². The van der Waals surface area contributed by atoms with Gasteiger partial charge in [-0.05, 0) is 12.8 Å². The second-order valence-corrected chi connectivity index (χ2v) is 9.41. The number of ether oxygens (including phenoxy) is 1. The van der Waals surface area contributed by atoms with E-state index in [1.165, 1.54) is 17.8 Å². The molecule has 10 nitrogen and oxygen atoms in total. The van der Waals surface area contributed by atoms with Crippen LogP contribution in [0.4, 0.5) is 10.3 Å². The van der Waals surface area contributed by atoms with Crippen molar-refractivity contribution >= 4 is 24.7 Å². The third-order valence-corrected chi connectivity index (χ3v) is 6.47. The minimum atomic E-state index is -3.79. The number of nitrogens with one attached hydrogen (secondary N) is 1. The number of alkyl halides is 1. The molecule has 12 heteroatoms. The molecule has 156 valence electrons. The van der Waals surface area contributed by atoms with Gasteiger partial charge in [0.05, 0.1) is 18.5 Å². The number of nitrogens with zero attached hydrogens (tertiary/aromatic N) is 3. The Morgan fingerprint density at radius 1 is 1.50 bits per heavy atom. The SMILES string of the molecule is CCP(=O)(O)OC(C)C1OC(n2cnc3c(=O)[nH]c(N)nc32)C(F)C1C(C)C. The Morgan fingerprint density at radius 3 is 2.79 bits per heavy atom. The van der Waals surface area contributed by atoms with Crippen LogP contribution in [-0.4, -0.2) is 49.0 Å². The van der Waals surface area contributed by atoms with Gasteiger partial charge in [0.2, 0.25) is 5.95 Å². The van der Waals surface area contributed by atoms with Gasteiger partial charge < -0.3 is 19.9 Å². The second-order valence-electron chi connectivity index (χ2n) is 7.30. The summed E-state index contributed by atoms with van der Waals surface area (Å²) in [5, 5.41) is 0. The number of fused-ring (bicyclic) bond motifs is 1. The lowest BCUT2D eigenvalue weighted by Crippen LogP contribution is -2.35. The van der Waals surface area contributed by atoms with Crippen molar-refractivity contribution in [3.63, 3.8) is 0 Å². The maximum atomic E-state index is 15.4. The number of hydrogen-bond donors (Lipinski definition) is 3. The second kappa shape index (κ2) is 7.55. The number of aromatic nitrogens is 4. The number of anilines is 1. The summed E-state index contributed by atoms with van der Waals surface area (Å²) in [4.78, 5) is 32.2. The molecule has 1 aliphatic rings. The Bertz CT molecular complexity index is 963. The fourth-order valence-electron chi connectivity index (χ4n) is 3.61. The average Bonchev–Trinajstić information content (AvgIpc) is 3.15. The zero-order chi connectivity index (χ0) is 20.8. The summed E-state index contributed by atoms with van der Waals surface area (Å²) in [5.74, 6) is -0.855. The van der Waals surface area contributed by atoms with Crippen molar-refractivity contribution < 1.29 is 23.1 Å². The zero-order valence-electron chi connectivity index (χ0n) is 16.1. The van der Waals surface area contributed by atoms with Crippen LogP contribution in [0.25, 0.3) is 11.2 Å². The van der Waals surface area contributed by atoms with Crippen molar-refractivity contribution in [1.29, 1.82) is 0 Å². The van der Waals surface area contributed by atoms with E-state index in [-0.39, 0.29) is 29.2 Å². The van der Waals surface area contributed by atoms with Gasteiger partial charge in [0.1, 0.15) is 0 Å². The highest BCUT2D eigenvalue weighted by Gasteiger charge is 2.50. The molecule has 0 radical (unpaired) electrons. The van der Waals surface area contributed by atoms with E-state index >= 15 is 4.39 Å². The average molecular weight is 417 g/mol. The molecule has 6 atom stereocenters. The Kier molecular flexibility index (Phi) is 5.64. The lowest BCUT2D eigenvalue weighted by molar-refractivity contribution is -0.0633. The third-order valence-electron chi connectivity index (χ3n) is 5.00. The Balaban J connectivity index is 1.98. The minimum absolute atomic E-state index is 0.0182. The molecule has 0 aliphatic carbocycles. The predicted octanol–water partition coefficient (Wildman–Crippen LogP) is 1.82. The number of imidazole rings is 1. The van der Waals surface area contributed by atoms with Crippen molar-refractivity contribution in [3.8, 4) is 0 Å². The van der Waals surface area contributed by atoms with Gasteiger partial charge in [-0.2, -0.15) is 4.98 Å². The molecule has 2 aromatic rings. The number of nitrogen functional groups attached to an aromatic ring is 1. The summed E-state index contributed by atoms with van der Waals surface area (Å²) in [7, 11) is -3.79. The number of hydrogen-bond acceptors (Lipinski definition) is 7. The summed E-state index contributed by atoms with van der Waals surface area (Å²) in [6.45, 7) is 6.80. The van der Waals surface area contributed by atoms with Gasteiger partial charge in [0.15, 0.2) is 23.6 Å². The van der Waals surface area contributed by atoms with Crippen molar-refractivity contribution in [1.82, 2.24) is 19.5 Å². The first-order valence-electron chi connectivity index (χ1n) is 9.07. The van der Waals surface area contributed by atoms with Crippen LogP contribution < -0.4 is 11.3 Å². The summed E-state index contributed by atoms with van der Waals surface area (Å²) < 4.78 is 39.9. The van der Waals surface area contributed by atoms with Crippen LogP contribution in [0, 0.1) is 11.8 Å². The fraction of sp³-hybridized carbons (Fsp3) is 0.688. The third kappa shape index (κ3) is 3.71. The van der Waals surface area contributed by atoms with E-state index in [1.54, 1.807) is 6.92 Å². The number of rotatable bonds is 6. The standard InChI is InChI=1S/C16H25FN5O5P/c1-5-28(24,25)27-8(4)12-9(7(2)3)10(17)15(26-12)22-6-19-11-13(22)20-16(18)21-14(11)23/h6-10,12,15H,5H2,1-4H3,(H,24,25)(H3,18,20,21,23). The summed E-state index contributed by atoms with van der Waals surface area (Å²) in [6, 6.07) is 0. The normalized spacial score (nSPS) is 28.7. The van der Waals surface area contributed by atoms with Gasteiger partial charge >= 0.3 is 7.60 Å². The van der Waals surface area contributed by atoms with Gasteiger partial charge in [0.25, 0.3) is 5.56 Å². The van der Waals surface area contributed by atoms with Crippen LogP contribution in [0.1, 0.15) is 33.9 Å². The van der Waals surface area contributed by atoms with Crippen molar-refractivity contribution in [2.45, 2.75) is 52.3 Å². The zero-order valence-corrected chi connectivity index (χ0v) is 17.0. The molecule has 0 bridgehead atoms. The number of H-pyrrole nitrogens is 1. The first-order valence-corrected chi connectivity index (χ1v) is 10.8. The summed E-state index contributed by atoms with van der Waals surface area (Å²) in [5.41, 5.74) is 5.19. The smallest absolute Gasteiger partial charge is 0.328 e. The maximum absolute atomic E-state index is 15.4. The largest absolute Gasteiger partial charge is 0.369 e. The molecule has 3 rings (SSSR count). The van der Waals surface area contributed by atoms with Crippen LogP contribution in [0.3, 0.4) is 0 Å². The summed E-state index contributed by atoms with van der Waals surface area (Å²) in [6.07, 6.45) is -2.97. The Labute approximate surface area is 160 Å². The number of halogens is 1. The predicted molar refractivity (Wildman–Crippen MR) is 101 cm³/mol. The topological polar surface area (TPSA) is 145 Å². The van der Waals surface area contributed by atoms with Gasteiger partial charge in [-0.1, -0.05) is 20.8 Å². The Morgan fingerprint density at radius 2 is 2.18 bits per heavy atom. The molecule has 28 heavy (non-hydrogen) atoms. The summed E-state index contributed by atoms with van der Waals surface area (Å²) >= 11 is 0. The van der Waals surface area contributed by atoms with Crippen LogP contribution in [-0.2, 0) is 13.8 Å². The van der Waals surface area contributed by atoms with Crippen LogP contribution >= 0.6 is 7.60 Å². The minimum Gasteiger partial charge on any atom is -0.369 e. The number of aromatic amines is 1. The van der Waals surface area contributed by atoms with E-state index in [0.29, 0.717) is 0 Å². The van der Waals surface area contributed by atoms with Crippen molar-refractivity contribution in [2.75, 3.05) is 11.9 Å². The van der Waals surface area contributed by atoms with E-state index < -0.39 is 43.7 Å². The van der Waals surface area contributed by atoms with E-state index in [0.717, 1.165) is 0 Å². The van der Waals surface area contributed by atoms with Crippen LogP contribution in [0.5, 0.6) is 0 Å². The van der Waals surface area contributed by atoms with Gasteiger partial charge in [-0.15, -0.1) is 0 Å². The van der Waals surface area contributed by atoms with Gasteiger partial charge in [-0.3, -0.25) is 18.9 Å². The number of nitrogens with two attached hydrogens (primary N) is 1. The highest BCUT2D eigenvalue weighted by molar-refractivity contribution is 7.52. The first kappa shape index (κ1) is 20.9. The molecule has 0 amide bonds. The molecule has 2 aromatic heterocycles. The molecule has 1 aliphatic heterocycles. The molecule has 0 aromatic carbocycles. The molecule has 3 heterocycles. The molecule has 6 unspecified atom stereocenters. The molecule has 1 saturated heterocycles. The lowest BCUT2D eigenvalue weighted by atomic mass is 9.85. The van der Waals surface area contributed by atoms with E-state index in [9.17, 15) is 14.3 Å². The van der Waals surface area contributed by atoms with Crippen LogP contribution in [0.15, 0.2) is 11.1 Å². The van der Waals surface area contributed by atoms with Crippen molar-refractivity contribution in [2.24, 2.45) is 11.8 Å². The molecular weight excluding hydrogens is 392 g/mol. The lowest BCUT2D eigenvalue weighted by Gasteiger charge is -2.28. The first-order chi connectivity index (χ1) is 13.1. The molecule has 0 spiro atoms. The van der Waals surface area contributed by atoms with Crippen LogP contribution in [0.2, 0.25) is 0 Å².